The monoisotopic (exact) mass is 222 g/mol. The summed E-state index contributed by atoms with van der Waals surface area (Å²) >= 11 is 0. The lowest BCUT2D eigenvalue weighted by Gasteiger charge is -2.03. The van der Waals surface area contributed by atoms with Crippen LogP contribution < -0.4 is 5.73 Å². The third-order valence-corrected chi connectivity index (χ3v) is 2.34. The number of hydrogen-bond acceptors (Lipinski definition) is 3. The number of hydrogen-bond donors (Lipinski definition) is 1. The van der Waals surface area contributed by atoms with Crippen LogP contribution in [0.4, 0.5) is 4.39 Å². The van der Waals surface area contributed by atoms with Crippen LogP contribution in [0.5, 0.6) is 0 Å². The average molecular weight is 222 g/mol. The minimum absolute atomic E-state index is 0.147. The quantitative estimate of drug-likeness (QED) is 0.834. The molecule has 1 atom stereocenters. The van der Waals surface area contributed by atoms with Crippen LogP contribution in [0, 0.1) is 5.82 Å². The van der Waals surface area contributed by atoms with Gasteiger partial charge in [-0.2, -0.15) is 0 Å². The van der Waals surface area contributed by atoms with Crippen LogP contribution in [-0.4, -0.2) is 17.7 Å². The van der Waals surface area contributed by atoms with Crippen molar-refractivity contribution in [3.63, 3.8) is 0 Å². The lowest BCUT2D eigenvalue weighted by Crippen LogP contribution is -2.20. The number of amides is 1. The van der Waals surface area contributed by atoms with E-state index in [1.807, 2.05) is 0 Å². The molecule has 1 aliphatic heterocycles. The molecule has 0 saturated carbocycles. The van der Waals surface area contributed by atoms with Crippen LogP contribution in [0.25, 0.3) is 0 Å². The van der Waals surface area contributed by atoms with Crippen molar-refractivity contribution in [2.24, 2.45) is 10.9 Å². The molecule has 2 rings (SSSR count). The van der Waals surface area contributed by atoms with Gasteiger partial charge in [0.25, 0.3) is 0 Å². The Morgan fingerprint density at radius 1 is 1.50 bits per heavy atom. The standard InChI is InChI=1S/C11H11FN2O2/c12-8-3-1-7(2-4-8)10-5-9(16-14-10)6-11(13)15/h1-4,9H,5-6H2,(H2,13,15)/t9-/m1/s1. The molecule has 16 heavy (non-hydrogen) atoms. The Bertz CT molecular complexity index is 428. The first kappa shape index (κ1) is 10.6. The largest absolute Gasteiger partial charge is 0.391 e. The fourth-order valence-electron chi connectivity index (χ4n) is 1.58. The summed E-state index contributed by atoms with van der Waals surface area (Å²) in [5.41, 5.74) is 6.57. The van der Waals surface area contributed by atoms with Crippen molar-refractivity contribution in [1.29, 1.82) is 0 Å². The Labute approximate surface area is 91.9 Å². The first-order chi connectivity index (χ1) is 7.65. The van der Waals surface area contributed by atoms with E-state index in [0.29, 0.717) is 12.1 Å². The van der Waals surface area contributed by atoms with Crippen LogP contribution in [-0.2, 0) is 9.63 Å². The summed E-state index contributed by atoms with van der Waals surface area (Å²) in [4.78, 5) is 15.7. The number of carbonyl (C=O) groups excluding carboxylic acids is 1. The maximum absolute atomic E-state index is 12.7. The van der Waals surface area contributed by atoms with E-state index in [1.165, 1.54) is 12.1 Å². The molecule has 0 bridgehead atoms. The maximum Gasteiger partial charge on any atom is 0.221 e. The van der Waals surface area contributed by atoms with Gasteiger partial charge in [-0.15, -0.1) is 0 Å². The molecule has 1 aromatic rings. The summed E-state index contributed by atoms with van der Waals surface area (Å²) in [6, 6.07) is 5.98. The van der Waals surface area contributed by atoms with Crippen molar-refractivity contribution in [1.82, 2.24) is 0 Å². The minimum atomic E-state index is -0.416. The lowest BCUT2D eigenvalue weighted by molar-refractivity contribution is -0.120. The molecule has 0 saturated heterocycles. The molecule has 1 aromatic carbocycles. The molecule has 0 radical (unpaired) electrons. The van der Waals surface area contributed by atoms with Crippen molar-refractivity contribution < 1.29 is 14.0 Å². The van der Waals surface area contributed by atoms with E-state index in [1.54, 1.807) is 12.1 Å². The highest BCUT2D eigenvalue weighted by molar-refractivity contribution is 6.01. The van der Waals surface area contributed by atoms with Crippen LogP contribution in [0.1, 0.15) is 18.4 Å². The first-order valence-electron chi connectivity index (χ1n) is 4.92. The van der Waals surface area contributed by atoms with Gasteiger partial charge in [0.05, 0.1) is 12.1 Å². The van der Waals surface area contributed by atoms with Crippen LogP contribution in [0.15, 0.2) is 29.4 Å². The molecular weight excluding hydrogens is 211 g/mol. The number of benzene rings is 1. The normalized spacial score (nSPS) is 19.1. The number of nitrogens with two attached hydrogens (primary N) is 1. The molecule has 1 aliphatic rings. The predicted octanol–water partition coefficient (Wildman–Crippen LogP) is 1.19. The highest BCUT2D eigenvalue weighted by atomic mass is 19.1. The molecule has 0 aliphatic carbocycles. The number of nitrogens with zero attached hydrogens (tertiary/aromatic N) is 1. The number of halogens is 1. The second-order valence-electron chi connectivity index (χ2n) is 3.65. The van der Waals surface area contributed by atoms with E-state index < -0.39 is 5.91 Å². The van der Waals surface area contributed by atoms with Gasteiger partial charge in [-0.1, -0.05) is 17.3 Å². The van der Waals surface area contributed by atoms with Crippen molar-refractivity contribution in [2.45, 2.75) is 18.9 Å². The highest BCUT2D eigenvalue weighted by Crippen LogP contribution is 2.18. The Hall–Kier alpha value is -1.91. The fraction of sp³-hybridized carbons (Fsp3) is 0.273. The maximum atomic E-state index is 12.7. The van der Waals surface area contributed by atoms with Gasteiger partial charge < -0.3 is 10.6 Å². The Balaban J connectivity index is 2.03. The topological polar surface area (TPSA) is 64.7 Å². The van der Waals surface area contributed by atoms with E-state index in [0.717, 1.165) is 5.56 Å². The lowest BCUT2D eigenvalue weighted by atomic mass is 10.0. The zero-order valence-electron chi connectivity index (χ0n) is 8.52. The second-order valence-corrected chi connectivity index (χ2v) is 3.65. The summed E-state index contributed by atoms with van der Waals surface area (Å²) in [5.74, 6) is -0.711. The summed E-state index contributed by atoms with van der Waals surface area (Å²) < 4.78 is 12.7. The van der Waals surface area contributed by atoms with Gasteiger partial charge in [0.2, 0.25) is 5.91 Å². The van der Waals surface area contributed by atoms with E-state index in [4.69, 9.17) is 10.6 Å². The minimum Gasteiger partial charge on any atom is -0.391 e. The SMILES string of the molecule is NC(=O)C[C@H]1CC(c2ccc(F)cc2)=NO1. The summed E-state index contributed by atoms with van der Waals surface area (Å²) in [6.45, 7) is 0. The molecule has 0 unspecified atom stereocenters. The molecule has 2 N–H and O–H groups in total. The fourth-order valence-corrected chi connectivity index (χ4v) is 1.58. The number of carbonyl (C=O) groups is 1. The highest BCUT2D eigenvalue weighted by Gasteiger charge is 2.23. The van der Waals surface area contributed by atoms with Crippen molar-refractivity contribution in [3.05, 3.63) is 35.6 Å². The third kappa shape index (κ3) is 2.36. The molecule has 0 fully saturated rings. The third-order valence-electron chi connectivity index (χ3n) is 2.34. The number of oxime groups is 1. The number of primary amides is 1. The van der Waals surface area contributed by atoms with Gasteiger partial charge in [0.1, 0.15) is 11.9 Å². The van der Waals surface area contributed by atoms with E-state index >= 15 is 0 Å². The smallest absolute Gasteiger partial charge is 0.221 e. The van der Waals surface area contributed by atoms with Gasteiger partial charge in [0.15, 0.2) is 0 Å². The van der Waals surface area contributed by atoms with E-state index in [-0.39, 0.29) is 18.3 Å². The summed E-state index contributed by atoms with van der Waals surface area (Å²) in [7, 11) is 0. The first-order valence-corrected chi connectivity index (χ1v) is 4.92. The molecule has 1 amide bonds. The molecule has 0 aromatic heterocycles. The van der Waals surface area contributed by atoms with Gasteiger partial charge >= 0.3 is 0 Å². The average Bonchev–Trinajstić information content (AvgIpc) is 2.66. The Morgan fingerprint density at radius 3 is 2.81 bits per heavy atom. The van der Waals surface area contributed by atoms with Gasteiger partial charge in [-0.25, -0.2) is 4.39 Å². The second kappa shape index (κ2) is 4.30. The van der Waals surface area contributed by atoms with E-state index in [9.17, 15) is 9.18 Å². The van der Waals surface area contributed by atoms with Gasteiger partial charge in [-0.05, 0) is 17.7 Å². The van der Waals surface area contributed by atoms with Crippen LogP contribution in [0.3, 0.4) is 0 Å². The molecule has 4 nitrogen and oxygen atoms in total. The van der Waals surface area contributed by atoms with Crippen molar-refractivity contribution in [2.75, 3.05) is 0 Å². The number of rotatable bonds is 3. The zero-order chi connectivity index (χ0) is 11.5. The molecule has 84 valence electrons. The molecule has 5 heteroatoms. The van der Waals surface area contributed by atoms with Gasteiger partial charge in [0, 0.05) is 6.42 Å². The summed E-state index contributed by atoms with van der Waals surface area (Å²) in [6.07, 6.45) is 0.375. The van der Waals surface area contributed by atoms with Crippen molar-refractivity contribution >= 4 is 11.6 Å². The van der Waals surface area contributed by atoms with Crippen LogP contribution >= 0.6 is 0 Å². The van der Waals surface area contributed by atoms with Gasteiger partial charge in [-0.3, -0.25) is 4.79 Å². The van der Waals surface area contributed by atoms with Crippen molar-refractivity contribution in [3.8, 4) is 0 Å². The molecule has 0 spiro atoms. The zero-order valence-corrected chi connectivity index (χ0v) is 8.52. The van der Waals surface area contributed by atoms with E-state index in [2.05, 4.69) is 5.16 Å². The predicted molar refractivity (Wildman–Crippen MR) is 56.2 cm³/mol. The molecular formula is C11H11FN2O2. The van der Waals surface area contributed by atoms with Crippen LogP contribution in [0.2, 0.25) is 0 Å². The molecule has 1 heterocycles. The Kier molecular flexibility index (Phi) is 2.85. The summed E-state index contributed by atoms with van der Waals surface area (Å²) in [5, 5.41) is 3.86. The Morgan fingerprint density at radius 2 is 2.19 bits per heavy atom.